The molecule has 0 saturated heterocycles. The molecule has 1 heterocycles. The van der Waals surface area contributed by atoms with Crippen molar-refractivity contribution in [2.45, 2.75) is 38.1 Å². The number of amides is 1. The Labute approximate surface area is 161 Å². The summed E-state index contributed by atoms with van der Waals surface area (Å²) in [5, 5.41) is 0. The molecule has 0 aliphatic carbocycles. The second kappa shape index (κ2) is 8.21. The van der Waals surface area contributed by atoms with Gasteiger partial charge in [-0.1, -0.05) is 67.6 Å². The fourth-order valence-electron chi connectivity index (χ4n) is 3.90. The third kappa shape index (κ3) is 3.65. The number of primary amides is 1. The summed E-state index contributed by atoms with van der Waals surface area (Å²) in [5.41, 5.74) is 7.08. The lowest BCUT2D eigenvalue weighted by Gasteiger charge is -2.31. The molecule has 4 heteroatoms. The highest BCUT2D eigenvalue weighted by molar-refractivity contribution is 5.90. The van der Waals surface area contributed by atoms with Crippen molar-refractivity contribution in [2.75, 3.05) is 0 Å². The number of nitrogens with two attached hydrogens (primary N) is 1. The van der Waals surface area contributed by atoms with E-state index in [0.29, 0.717) is 6.42 Å². The number of hydrogen-bond acceptors (Lipinski definition) is 1. The Kier molecular flexibility index (Phi) is 5.75. The smallest absolute Gasteiger partial charge is 0.256 e. The van der Waals surface area contributed by atoms with Gasteiger partial charge < -0.3 is 5.73 Å². The van der Waals surface area contributed by atoms with E-state index in [2.05, 4.69) is 35.5 Å². The number of carbonyl (C=O) groups excluding carboxylic acids is 1. The van der Waals surface area contributed by atoms with E-state index in [4.69, 9.17) is 5.73 Å². The normalized spacial score (nSPS) is 11.5. The molecule has 140 valence electrons. The van der Waals surface area contributed by atoms with Crippen molar-refractivity contribution in [1.82, 2.24) is 4.57 Å². The van der Waals surface area contributed by atoms with Crippen LogP contribution in [0.2, 0.25) is 0 Å². The lowest BCUT2D eigenvalue weighted by atomic mass is 9.71. The molecule has 0 unspecified atom stereocenters. The molecule has 1 aromatic heterocycles. The molecule has 3 aromatic rings. The lowest BCUT2D eigenvalue weighted by molar-refractivity contribution is -0.678. The van der Waals surface area contributed by atoms with Crippen molar-refractivity contribution in [1.29, 1.82) is 0 Å². The van der Waals surface area contributed by atoms with Gasteiger partial charge in [0.2, 0.25) is 5.91 Å². The van der Waals surface area contributed by atoms with Crippen molar-refractivity contribution >= 4 is 5.91 Å². The van der Waals surface area contributed by atoms with Crippen molar-refractivity contribution in [3.63, 3.8) is 0 Å². The van der Waals surface area contributed by atoms with E-state index < -0.39 is 5.41 Å². The van der Waals surface area contributed by atoms with Crippen LogP contribution in [0.25, 0.3) is 0 Å². The van der Waals surface area contributed by atoms with Crippen LogP contribution in [0.4, 0.5) is 0 Å². The molecular weight excluding hydrogens is 334 g/mol. The predicted molar refractivity (Wildman–Crippen MR) is 107 cm³/mol. The Balaban J connectivity index is 2.04. The monoisotopic (exact) mass is 362 g/mol. The first-order chi connectivity index (χ1) is 13.1. The van der Waals surface area contributed by atoms with Gasteiger partial charge in [0.25, 0.3) is 5.82 Å². The van der Waals surface area contributed by atoms with Gasteiger partial charge in [-0.05, 0) is 17.5 Å². The van der Waals surface area contributed by atoms with Gasteiger partial charge in [-0.15, -0.1) is 0 Å². The lowest BCUT2D eigenvalue weighted by Crippen LogP contribution is -2.43. The third-order valence-electron chi connectivity index (χ3n) is 5.36. The van der Waals surface area contributed by atoms with Crippen molar-refractivity contribution in [3.05, 3.63) is 90.0 Å². The number of rotatable bonds is 8. The Morgan fingerprint density at radius 1 is 1.04 bits per heavy atom. The van der Waals surface area contributed by atoms with Crippen LogP contribution in [0.3, 0.4) is 0 Å². The first-order valence-corrected chi connectivity index (χ1v) is 9.54. The van der Waals surface area contributed by atoms with Crippen LogP contribution in [0, 0.1) is 0 Å². The van der Waals surface area contributed by atoms with Crippen LogP contribution in [0.1, 0.15) is 36.7 Å². The fourth-order valence-corrected chi connectivity index (χ4v) is 3.90. The molecule has 1 amide bonds. The zero-order valence-electron chi connectivity index (χ0n) is 16.1. The average Bonchev–Trinajstić information content (AvgIpc) is 3.04. The number of benzene rings is 2. The predicted octanol–water partition coefficient (Wildman–Crippen LogP) is 3.13. The number of imidazole rings is 1. The van der Waals surface area contributed by atoms with Gasteiger partial charge in [-0.3, -0.25) is 4.79 Å². The molecule has 0 radical (unpaired) electrons. The van der Waals surface area contributed by atoms with E-state index in [0.717, 1.165) is 30.5 Å². The van der Waals surface area contributed by atoms with Gasteiger partial charge in [-0.2, -0.15) is 0 Å². The highest BCUT2D eigenvalue weighted by Gasteiger charge is 2.41. The van der Waals surface area contributed by atoms with E-state index in [1.54, 1.807) is 0 Å². The van der Waals surface area contributed by atoms with Crippen LogP contribution in [0.15, 0.2) is 73.1 Å². The van der Waals surface area contributed by atoms with Gasteiger partial charge in [0, 0.05) is 12.8 Å². The Hall–Kier alpha value is -2.88. The summed E-state index contributed by atoms with van der Waals surface area (Å²) >= 11 is 0. The Morgan fingerprint density at radius 3 is 2.07 bits per heavy atom. The van der Waals surface area contributed by atoms with E-state index in [1.165, 1.54) is 5.82 Å². The molecule has 3 rings (SSSR count). The van der Waals surface area contributed by atoms with Gasteiger partial charge in [0.1, 0.15) is 17.8 Å². The maximum Gasteiger partial charge on any atom is 0.256 e. The quantitative estimate of drug-likeness (QED) is 0.615. The zero-order chi connectivity index (χ0) is 19.3. The zero-order valence-corrected chi connectivity index (χ0v) is 16.1. The van der Waals surface area contributed by atoms with Crippen molar-refractivity contribution in [2.24, 2.45) is 12.8 Å². The van der Waals surface area contributed by atoms with E-state index in [-0.39, 0.29) is 5.91 Å². The summed E-state index contributed by atoms with van der Waals surface area (Å²) in [6, 6.07) is 19.8. The molecule has 27 heavy (non-hydrogen) atoms. The summed E-state index contributed by atoms with van der Waals surface area (Å²) in [6.07, 6.45) is 6.86. The van der Waals surface area contributed by atoms with Gasteiger partial charge in [-0.25, -0.2) is 9.13 Å². The number of nitrogens with zero attached hydrogens (tertiary/aromatic N) is 2. The third-order valence-corrected chi connectivity index (χ3v) is 5.36. The van der Waals surface area contributed by atoms with E-state index in [1.807, 2.05) is 60.7 Å². The standard InChI is InChI=1S/C23H27N3O/c1-3-10-21-25(2)17-18-26(21)16-15-23(22(24)27,19-11-6-4-7-12-19)20-13-8-5-9-14-20/h4-9,11-14,17-18H,3,10,15-16H2,1-2H3,(H-,24,27)/p+1. The molecule has 4 nitrogen and oxygen atoms in total. The van der Waals surface area contributed by atoms with Crippen LogP contribution in [-0.2, 0) is 30.2 Å². The van der Waals surface area contributed by atoms with E-state index >= 15 is 0 Å². The second-order valence-corrected chi connectivity index (χ2v) is 7.02. The van der Waals surface area contributed by atoms with Crippen LogP contribution >= 0.6 is 0 Å². The SMILES string of the molecule is CCCc1n(CCC(C(N)=O)(c2ccccc2)c2ccccc2)cc[n+]1C. The molecule has 0 fully saturated rings. The van der Waals surface area contributed by atoms with Crippen LogP contribution in [0.5, 0.6) is 0 Å². The molecule has 0 aliphatic rings. The largest absolute Gasteiger partial charge is 0.369 e. The Bertz CT molecular complexity index is 845. The Morgan fingerprint density at radius 2 is 1.59 bits per heavy atom. The summed E-state index contributed by atoms with van der Waals surface area (Å²) in [4.78, 5) is 12.9. The maximum absolute atomic E-state index is 12.9. The number of aryl methyl sites for hydroxylation is 2. The van der Waals surface area contributed by atoms with E-state index in [9.17, 15) is 4.79 Å². The second-order valence-electron chi connectivity index (χ2n) is 7.02. The number of carbonyl (C=O) groups is 1. The van der Waals surface area contributed by atoms with Gasteiger partial charge in [0.15, 0.2) is 0 Å². The topological polar surface area (TPSA) is 51.9 Å². The molecular formula is C23H28N3O+. The minimum absolute atomic E-state index is 0.312. The van der Waals surface area contributed by atoms with Gasteiger partial charge in [0.05, 0.1) is 13.6 Å². The van der Waals surface area contributed by atoms with Crippen molar-refractivity contribution < 1.29 is 9.36 Å². The first-order valence-electron chi connectivity index (χ1n) is 9.54. The molecule has 2 aromatic carbocycles. The summed E-state index contributed by atoms with van der Waals surface area (Å²) in [7, 11) is 2.07. The molecule has 0 aliphatic heterocycles. The molecule has 0 saturated carbocycles. The highest BCUT2D eigenvalue weighted by Crippen LogP contribution is 2.36. The highest BCUT2D eigenvalue weighted by atomic mass is 16.1. The number of aromatic nitrogens is 2. The first kappa shape index (κ1) is 18.9. The molecule has 2 N–H and O–H groups in total. The summed E-state index contributed by atoms with van der Waals surface area (Å²) in [6.45, 7) is 2.90. The van der Waals surface area contributed by atoms with Crippen LogP contribution in [-0.4, -0.2) is 10.5 Å². The summed E-state index contributed by atoms with van der Waals surface area (Å²) < 4.78 is 4.40. The van der Waals surface area contributed by atoms with Crippen molar-refractivity contribution in [3.8, 4) is 0 Å². The van der Waals surface area contributed by atoms with Crippen LogP contribution < -0.4 is 10.3 Å². The van der Waals surface area contributed by atoms with Gasteiger partial charge >= 0.3 is 0 Å². The minimum atomic E-state index is -0.852. The molecule has 0 bridgehead atoms. The fraction of sp³-hybridized carbons (Fsp3) is 0.304. The average molecular weight is 362 g/mol. The molecule has 0 spiro atoms. The summed E-state index contributed by atoms with van der Waals surface area (Å²) in [5.74, 6) is 0.950. The maximum atomic E-state index is 12.9. The minimum Gasteiger partial charge on any atom is -0.369 e. The number of hydrogen-bond donors (Lipinski definition) is 1. The molecule has 0 atom stereocenters.